The minimum absolute atomic E-state index is 0.163. The molecular formula is C14H19NO2. The van der Waals surface area contributed by atoms with Gasteiger partial charge in [-0.1, -0.05) is 12.1 Å². The van der Waals surface area contributed by atoms with E-state index in [1.165, 1.54) is 0 Å². The SMILES string of the molecule is CCOc1cccc(C(=O)C2(C)CCCN2)c1. The molecule has 17 heavy (non-hydrogen) atoms. The summed E-state index contributed by atoms with van der Waals surface area (Å²) in [5, 5.41) is 3.29. The molecule has 3 heteroatoms. The van der Waals surface area contributed by atoms with Crippen LogP contribution in [0.15, 0.2) is 24.3 Å². The fourth-order valence-corrected chi connectivity index (χ4v) is 2.30. The molecule has 3 nitrogen and oxygen atoms in total. The Labute approximate surface area is 102 Å². The van der Waals surface area contributed by atoms with Crippen LogP contribution in [0.1, 0.15) is 37.0 Å². The number of carbonyl (C=O) groups is 1. The molecule has 1 fully saturated rings. The first-order valence-electron chi connectivity index (χ1n) is 6.18. The van der Waals surface area contributed by atoms with Crippen LogP contribution in [-0.2, 0) is 0 Å². The Bertz CT molecular complexity index is 408. The van der Waals surface area contributed by atoms with Gasteiger partial charge in [-0.05, 0) is 45.4 Å². The fourth-order valence-electron chi connectivity index (χ4n) is 2.30. The van der Waals surface area contributed by atoms with E-state index in [9.17, 15) is 4.79 Å². The molecule has 92 valence electrons. The van der Waals surface area contributed by atoms with Crippen molar-refractivity contribution in [3.63, 3.8) is 0 Å². The molecule has 0 aromatic heterocycles. The van der Waals surface area contributed by atoms with Gasteiger partial charge in [0, 0.05) is 5.56 Å². The average Bonchev–Trinajstić information content (AvgIpc) is 2.77. The summed E-state index contributed by atoms with van der Waals surface area (Å²) in [6, 6.07) is 7.44. The van der Waals surface area contributed by atoms with E-state index in [0.717, 1.165) is 30.7 Å². The van der Waals surface area contributed by atoms with E-state index < -0.39 is 5.54 Å². The number of benzene rings is 1. The molecule has 0 bridgehead atoms. The third-order valence-electron chi connectivity index (χ3n) is 3.28. The van der Waals surface area contributed by atoms with Crippen molar-refractivity contribution in [2.75, 3.05) is 13.2 Å². The molecule has 1 heterocycles. The Morgan fingerprint density at radius 2 is 2.35 bits per heavy atom. The summed E-state index contributed by atoms with van der Waals surface area (Å²) in [5.41, 5.74) is 0.332. The van der Waals surface area contributed by atoms with Crippen molar-refractivity contribution < 1.29 is 9.53 Å². The van der Waals surface area contributed by atoms with E-state index in [2.05, 4.69) is 5.32 Å². The lowest BCUT2D eigenvalue weighted by Crippen LogP contribution is -2.44. The van der Waals surface area contributed by atoms with Gasteiger partial charge >= 0.3 is 0 Å². The summed E-state index contributed by atoms with van der Waals surface area (Å²) >= 11 is 0. The first-order chi connectivity index (χ1) is 8.15. The van der Waals surface area contributed by atoms with E-state index in [1.54, 1.807) is 0 Å². The Hall–Kier alpha value is -1.35. The van der Waals surface area contributed by atoms with Crippen LogP contribution in [0.2, 0.25) is 0 Å². The van der Waals surface area contributed by atoms with Gasteiger partial charge in [-0.3, -0.25) is 4.79 Å². The van der Waals surface area contributed by atoms with Gasteiger partial charge in [-0.25, -0.2) is 0 Å². The molecule has 0 aliphatic carbocycles. The van der Waals surface area contributed by atoms with Crippen molar-refractivity contribution in [2.24, 2.45) is 0 Å². The quantitative estimate of drug-likeness (QED) is 0.812. The number of ether oxygens (including phenoxy) is 1. The number of Topliss-reactive ketones (excluding diaryl/α,β-unsaturated/α-hetero) is 1. The van der Waals surface area contributed by atoms with Crippen LogP contribution >= 0.6 is 0 Å². The van der Waals surface area contributed by atoms with Gasteiger partial charge in [0.1, 0.15) is 5.75 Å². The second kappa shape index (κ2) is 4.88. The van der Waals surface area contributed by atoms with E-state index in [1.807, 2.05) is 38.1 Å². The number of nitrogens with one attached hydrogen (secondary N) is 1. The number of hydrogen-bond donors (Lipinski definition) is 1. The van der Waals surface area contributed by atoms with Crippen LogP contribution in [0, 0.1) is 0 Å². The molecule has 1 aromatic carbocycles. The zero-order chi connectivity index (χ0) is 12.3. The highest BCUT2D eigenvalue weighted by Crippen LogP contribution is 2.25. The monoisotopic (exact) mass is 233 g/mol. The third-order valence-corrected chi connectivity index (χ3v) is 3.28. The Morgan fingerprint density at radius 1 is 1.53 bits per heavy atom. The van der Waals surface area contributed by atoms with E-state index in [4.69, 9.17) is 4.74 Å². The first-order valence-corrected chi connectivity index (χ1v) is 6.18. The van der Waals surface area contributed by atoms with Gasteiger partial charge in [0.2, 0.25) is 0 Å². The van der Waals surface area contributed by atoms with Crippen LogP contribution in [0.4, 0.5) is 0 Å². The zero-order valence-electron chi connectivity index (χ0n) is 10.5. The van der Waals surface area contributed by atoms with Gasteiger partial charge < -0.3 is 10.1 Å². The van der Waals surface area contributed by atoms with Crippen LogP contribution in [-0.4, -0.2) is 24.5 Å². The lowest BCUT2D eigenvalue weighted by atomic mass is 9.90. The molecule has 0 amide bonds. The minimum atomic E-state index is -0.398. The second-order valence-corrected chi connectivity index (χ2v) is 4.65. The Kier molecular flexibility index (Phi) is 3.48. The summed E-state index contributed by atoms with van der Waals surface area (Å²) in [7, 11) is 0. The molecular weight excluding hydrogens is 214 g/mol. The summed E-state index contributed by atoms with van der Waals surface area (Å²) < 4.78 is 5.42. The maximum atomic E-state index is 12.4. The van der Waals surface area contributed by atoms with Gasteiger partial charge in [-0.2, -0.15) is 0 Å². The van der Waals surface area contributed by atoms with Crippen LogP contribution in [0.3, 0.4) is 0 Å². The van der Waals surface area contributed by atoms with Crippen LogP contribution in [0.25, 0.3) is 0 Å². The van der Waals surface area contributed by atoms with Crippen LogP contribution in [0.5, 0.6) is 5.75 Å². The normalized spacial score (nSPS) is 23.6. The van der Waals surface area contributed by atoms with Crippen molar-refractivity contribution in [3.05, 3.63) is 29.8 Å². The molecule has 1 N–H and O–H groups in total. The number of carbonyl (C=O) groups excluding carboxylic acids is 1. The maximum Gasteiger partial charge on any atom is 0.182 e. The highest BCUT2D eigenvalue weighted by Gasteiger charge is 2.36. The second-order valence-electron chi connectivity index (χ2n) is 4.65. The topological polar surface area (TPSA) is 38.3 Å². The van der Waals surface area contributed by atoms with Gasteiger partial charge in [0.25, 0.3) is 0 Å². The predicted octanol–water partition coefficient (Wildman–Crippen LogP) is 2.41. The Morgan fingerprint density at radius 3 is 3.00 bits per heavy atom. The lowest BCUT2D eigenvalue weighted by Gasteiger charge is -2.22. The first kappa shape index (κ1) is 12.1. The minimum Gasteiger partial charge on any atom is -0.494 e. The molecule has 1 saturated heterocycles. The summed E-state index contributed by atoms with van der Waals surface area (Å²) in [6.45, 7) is 5.46. The largest absolute Gasteiger partial charge is 0.494 e. The molecule has 0 spiro atoms. The number of rotatable bonds is 4. The van der Waals surface area contributed by atoms with E-state index in [0.29, 0.717) is 6.61 Å². The highest BCUT2D eigenvalue weighted by atomic mass is 16.5. The lowest BCUT2D eigenvalue weighted by molar-refractivity contribution is 0.0884. The predicted molar refractivity (Wildman–Crippen MR) is 67.6 cm³/mol. The molecule has 1 unspecified atom stereocenters. The maximum absolute atomic E-state index is 12.4. The highest BCUT2D eigenvalue weighted by molar-refractivity contribution is 6.03. The fraction of sp³-hybridized carbons (Fsp3) is 0.500. The van der Waals surface area contributed by atoms with Crippen molar-refractivity contribution in [3.8, 4) is 5.75 Å². The van der Waals surface area contributed by atoms with Crippen molar-refractivity contribution in [2.45, 2.75) is 32.2 Å². The van der Waals surface area contributed by atoms with Gasteiger partial charge in [-0.15, -0.1) is 0 Å². The standard InChI is InChI=1S/C14H19NO2/c1-3-17-12-7-4-6-11(10-12)13(16)14(2)8-5-9-15-14/h4,6-7,10,15H,3,5,8-9H2,1-2H3. The molecule has 1 aromatic rings. The average molecular weight is 233 g/mol. The molecule has 0 saturated carbocycles. The van der Waals surface area contributed by atoms with Crippen LogP contribution < -0.4 is 10.1 Å². The summed E-state index contributed by atoms with van der Waals surface area (Å²) in [5.74, 6) is 0.927. The zero-order valence-corrected chi connectivity index (χ0v) is 10.5. The summed E-state index contributed by atoms with van der Waals surface area (Å²) in [4.78, 5) is 12.4. The van der Waals surface area contributed by atoms with Crippen molar-refractivity contribution in [1.29, 1.82) is 0 Å². The smallest absolute Gasteiger partial charge is 0.182 e. The Balaban J connectivity index is 2.21. The molecule has 1 aliphatic rings. The number of hydrogen-bond acceptors (Lipinski definition) is 3. The molecule has 1 atom stereocenters. The van der Waals surface area contributed by atoms with Gasteiger partial charge in [0.15, 0.2) is 5.78 Å². The molecule has 0 radical (unpaired) electrons. The van der Waals surface area contributed by atoms with Crippen molar-refractivity contribution >= 4 is 5.78 Å². The van der Waals surface area contributed by atoms with E-state index in [-0.39, 0.29) is 5.78 Å². The summed E-state index contributed by atoms with van der Waals surface area (Å²) in [6.07, 6.45) is 1.97. The van der Waals surface area contributed by atoms with E-state index >= 15 is 0 Å². The molecule has 1 aliphatic heterocycles. The number of ketones is 1. The van der Waals surface area contributed by atoms with Crippen molar-refractivity contribution in [1.82, 2.24) is 5.32 Å². The molecule has 2 rings (SSSR count). The third kappa shape index (κ3) is 2.50. The van der Waals surface area contributed by atoms with Gasteiger partial charge in [0.05, 0.1) is 12.1 Å².